The Morgan fingerprint density at radius 3 is 2.89 bits per heavy atom. The second kappa shape index (κ2) is 4.96. The van der Waals surface area contributed by atoms with E-state index in [1.54, 1.807) is 0 Å². The van der Waals surface area contributed by atoms with Crippen LogP contribution in [0.15, 0.2) is 24.4 Å². The molecule has 0 unspecified atom stereocenters. The van der Waals surface area contributed by atoms with Crippen LogP contribution in [0, 0.1) is 0 Å². The number of hydrogen-bond donors (Lipinski definition) is 0. The summed E-state index contributed by atoms with van der Waals surface area (Å²) in [5.41, 5.74) is 1.12. The molecule has 4 nitrogen and oxygen atoms in total. The van der Waals surface area contributed by atoms with E-state index in [-0.39, 0.29) is 5.79 Å². The predicted octanol–water partition coefficient (Wildman–Crippen LogP) is 1.98. The zero-order valence-corrected chi connectivity index (χ0v) is 10.8. The molecule has 2 aliphatic heterocycles. The van der Waals surface area contributed by atoms with E-state index in [1.807, 2.05) is 18.3 Å². The number of hydrogen-bond acceptors (Lipinski definition) is 4. The molecule has 1 spiro atoms. The van der Waals surface area contributed by atoms with Gasteiger partial charge in [-0.05, 0) is 32.0 Å². The Balaban J connectivity index is 1.72. The van der Waals surface area contributed by atoms with Gasteiger partial charge in [-0.3, -0.25) is 9.88 Å². The number of ether oxygens (including phenoxy) is 2. The maximum atomic E-state index is 5.81. The van der Waals surface area contributed by atoms with E-state index >= 15 is 0 Å². The first kappa shape index (κ1) is 12.1. The van der Waals surface area contributed by atoms with Gasteiger partial charge in [0, 0.05) is 18.7 Å². The third-order valence-electron chi connectivity index (χ3n) is 3.92. The number of piperidine rings is 1. The standard InChI is InChI=1S/C14H20N2O2/c1-12(13-5-2-3-7-15-13)16-8-4-6-14(11-16)17-9-10-18-14/h2-3,5,7,12H,4,6,8-11H2,1H3/t12-/m0/s1. The van der Waals surface area contributed by atoms with Crippen LogP contribution in [0.5, 0.6) is 0 Å². The molecule has 0 saturated carbocycles. The number of likely N-dealkylation sites (tertiary alicyclic amines) is 1. The van der Waals surface area contributed by atoms with E-state index in [1.165, 1.54) is 0 Å². The highest BCUT2D eigenvalue weighted by atomic mass is 16.7. The third-order valence-corrected chi connectivity index (χ3v) is 3.92. The number of pyridine rings is 1. The van der Waals surface area contributed by atoms with Crippen molar-refractivity contribution in [3.05, 3.63) is 30.1 Å². The molecule has 18 heavy (non-hydrogen) atoms. The molecule has 0 radical (unpaired) electrons. The van der Waals surface area contributed by atoms with E-state index in [2.05, 4.69) is 22.9 Å². The molecule has 2 aliphatic rings. The monoisotopic (exact) mass is 248 g/mol. The van der Waals surface area contributed by atoms with Crippen molar-refractivity contribution >= 4 is 0 Å². The van der Waals surface area contributed by atoms with Gasteiger partial charge in [0.2, 0.25) is 0 Å². The first-order valence-electron chi connectivity index (χ1n) is 6.72. The van der Waals surface area contributed by atoms with Gasteiger partial charge < -0.3 is 9.47 Å². The van der Waals surface area contributed by atoms with Crippen LogP contribution in [0.2, 0.25) is 0 Å². The van der Waals surface area contributed by atoms with Gasteiger partial charge in [-0.15, -0.1) is 0 Å². The summed E-state index contributed by atoms with van der Waals surface area (Å²) in [6.07, 6.45) is 3.99. The molecule has 1 aromatic heterocycles. The van der Waals surface area contributed by atoms with Gasteiger partial charge in [0.15, 0.2) is 5.79 Å². The molecule has 0 aromatic carbocycles. The number of aromatic nitrogens is 1. The summed E-state index contributed by atoms with van der Waals surface area (Å²) in [5, 5.41) is 0. The molecule has 0 amide bonds. The van der Waals surface area contributed by atoms with Gasteiger partial charge in [-0.25, -0.2) is 0 Å². The minimum atomic E-state index is -0.346. The minimum Gasteiger partial charge on any atom is -0.346 e. The maximum absolute atomic E-state index is 5.81. The molecule has 3 heterocycles. The normalized spacial score (nSPS) is 25.4. The molecule has 0 N–H and O–H groups in total. The molecular formula is C14H20N2O2. The van der Waals surface area contributed by atoms with Crippen LogP contribution in [0.25, 0.3) is 0 Å². The highest BCUT2D eigenvalue weighted by molar-refractivity contribution is 5.08. The Morgan fingerprint density at radius 2 is 2.17 bits per heavy atom. The fourth-order valence-corrected chi connectivity index (χ4v) is 2.89. The average Bonchev–Trinajstić information content (AvgIpc) is 2.87. The summed E-state index contributed by atoms with van der Waals surface area (Å²) in [6, 6.07) is 6.40. The Labute approximate surface area is 108 Å². The van der Waals surface area contributed by atoms with Crippen LogP contribution < -0.4 is 0 Å². The van der Waals surface area contributed by atoms with Gasteiger partial charge >= 0.3 is 0 Å². The Morgan fingerprint density at radius 1 is 1.33 bits per heavy atom. The van der Waals surface area contributed by atoms with Gasteiger partial charge in [-0.2, -0.15) is 0 Å². The molecule has 2 saturated heterocycles. The lowest BCUT2D eigenvalue weighted by molar-refractivity contribution is -0.193. The van der Waals surface area contributed by atoms with Crippen molar-refractivity contribution in [1.82, 2.24) is 9.88 Å². The SMILES string of the molecule is C[C@@H](c1ccccn1)N1CCCC2(C1)OCCO2. The van der Waals surface area contributed by atoms with Crippen LogP contribution in [0.1, 0.15) is 31.5 Å². The van der Waals surface area contributed by atoms with Crippen LogP contribution in [-0.4, -0.2) is 42.0 Å². The lowest BCUT2D eigenvalue weighted by Crippen LogP contribution is -2.49. The molecule has 3 rings (SSSR count). The van der Waals surface area contributed by atoms with Crippen molar-refractivity contribution in [2.24, 2.45) is 0 Å². The van der Waals surface area contributed by atoms with E-state index in [0.717, 1.165) is 44.8 Å². The topological polar surface area (TPSA) is 34.6 Å². The van der Waals surface area contributed by atoms with Crippen LogP contribution in [-0.2, 0) is 9.47 Å². The van der Waals surface area contributed by atoms with Crippen LogP contribution >= 0.6 is 0 Å². The average molecular weight is 248 g/mol. The largest absolute Gasteiger partial charge is 0.346 e. The summed E-state index contributed by atoms with van der Waals surface area (Å²) in [6.45, 7) is 5.60. The Kier molecular flexibility index (Phi) is 3.33. The molecule has 2 fully saturated rings. The van der Waals surface area contributed by atoms with Crippen molar-refractivity contribution in [3.63, 3.8) is 0 Å². The first-order valence-corrected chi connectivity index (χ1v) is 6.72. The quantitative estimate of drug-likeness (QED) is 0.801. The third kappa shape index (κ3) is 2.28. The zero-order chi connectivity index (χ0) is 12.4. The first-order chi connectivity index (χ1) is 8.79. The lowest BCUT2D eigenvalue weighted by Gasteiger charge is -2.41. The second-order valence-corrected chi connectivity index (χ2v) is 5.11. The Hall–Kier alpha value is -0.970. The predicted molar refractivity (Wildman–Crippen MR) is 68.1 cm³/mol. The molecular weight excluding hydrogens is 228 g/mol. The molecule has 98 valence electrons. The number of rotatable bonds is 2. The van der Waals surface area contributed by atoms with Gasteiger partial charge in [-0.1, -0.05) is 6.07 Å². The molecule has 0 bridgehead atoms. The van der Waals surface area contributed by atoms with E-state index in [9.17, 15) is 0 Å². The fraction of sp³-hybridized carbons (Fsp3) is 0.643. The lowest BCUT2D eigenvalue weighted by atomic mass is 10.0. The van der Waals surface area contributed by atoms with Crippen LogP contribution in [0.3, 0.4) is 0 Å². The van der Waals surface area contributed by atoms with Crippen molar-refractivity contribution in [1.29, 1.82) is 0 Å². The highest BCUT2D eigenvalue weighted by Crippen LogP contribution is 2.33. The Bertz CT molecular complexity index is 390. The smallest absolute Gasteiger partial charge is 0.181 e. The molecule has 1 atom stereocenters. The molecule has 1 aromatic rings. The summed E-state index contributed by atoms with van der Waals surface area (Å²) in [4.78, 5) is 6.86. The van der Waals surface area contributed by atoms with Crippen molar-refractivity contribution in [2.45, 2.75) is 31.6 Å². The highest BCUT2D eigenvalue weighted by Gasteiger charge is 2.41. The summed E-state index contributed by atoms with van der Waals surface area (Å²) in [5.74, 6) is -0.346. The minimum absolute atomic E-state index is 0.316. The van der Waals surface area contributed by atoms with E-state index in [4.69, 9.17) is 9.47 Å². The molecule has 0 aliphatic carbocycles. The number of nitrogens with zero attached hydrogens (tertiary/aromatic N) is 2. The second-order valence-electron chi connectivity index (χ2n) is 5.11. The van der Waals surface area contributed by atoms with Gasteiger partial charge in [0.1, 0.15) is 0 Å². The summed E-state index contributed by atoms with van der Waals surface area (Å²) in [7, 11) is 0. The van der Waals surface area contributed by atoms with Crippen molar-refractivity contribution < 1.29 is 9.47 Å². The summed E-state index contributed by atoms with van der Waals surface area (Å²) >= 11 is 0. The van der Waals surface area contributed by atoms with E-state index < -0.39 is 0 Å². The van der Waals surface area contributed by atoms with Crippen molar-refractivity contribution in [3.8, 4) is 0 Å². The van der Waals surface area contributed by atoms with Gasteiger partial charge in [0.05, 0.1) is 25.5 Å². The maximum Gasteiger partial charge on any atom is 0.181 e. The fourth-order valence-electron chi connectivity index (χ4n) is 2.89. The van der Waals surface area contributed by atoms with E-state index in [0.29, 0.717) is 6.04 Å². The van der Waals surface area contributed by atoms with Crippen molar-refractivity contribution in [2.75, 3.05) is 26.3 Å². The summed E-state index contributed by atoms with van der Waals surface area (Å²) < 4.78 is 11.6. The van der Waals surface area contributed by atoms with Crippen LogP contribution in [0.4, 0.5) is 0 Å². The molecule has 4 heteroatoms. The zero-order valence-electron chi connectivity index (χ0n) is 10.8. The van der Waals surface area contributed by atoms with Gasteiger partial charge in [0.25, 0.3) is 0 Å².